The van der Waals surface area contributed by atoms with E-state index >= 15 is 0 Å². The van der Waals surface area contributed by atoms with Gasteiger partial charge >= 0.3 is 6.01 Å². The minimum Gasteiger partial charge on any atom is -0.462 e. The number of piperazine rings is 1. The molecule has 3 aliphatic rings. The number of benzene rings is 1. The third-order valence-corrected chi connectivity index (χ3v) is 8.48. The van der Waals surface area contributed by atoms with Crippen molar-refractivity contribution in [2.24, 2.45) is 0 Å². The maximum atomic E-state index is 14.5. The predicted molar refractivity (Wildman–Crippen MR) is 152 cm³/mol. The average Bonchev–Trinajstić information content (AvgIpc) is 3.27. The normalized spacial score (nSPS) is 21.2. The molecule has 0 radical (unpaired) electrons. The van der Waals surface area contributed by atoms with Gasteiger partial charge in [-0.05, 0) is 57.5 Å². The van der Waals surface area contributed by atoms with Gasteiger partial charge in [-0.15, -0.1) is 0 Å². The number of anilines is 2. The number of fused-ring (bicyclic) bond motifs is 1. The lowest BCUT2D eigenvalue weighted by Gasteiger charge is -2.41. The van der Waals surface area contributed by atoms with Gasteiger partial charge in [-0.1, -0.05) is 12.6 Å². The van der Waals surface area contributed by atoms with E-state index in [1.54, 1.807) is 9.80 Å². The second-order valence-corrected chi connectivity index (χ2v) is 11.0. The standard InChI is InChI=1S/C30H36F3N7O2/c1-3-26(41)40-16-15-39(17-20(40)11-12-34)29-22-8-6-14-38(25-10-4-9-23(31)27(25)28(32)33)18-24(22)35-30(36-29)42-19-21-7-5-13-37(21)2/h3-4,9-10,20-21,28H,1,5-8,11,13-19H2,2H3/t20?,21-/m0/s1. The Kier molecular flexibility index (Phi) is 9.16. The summed E-state index contributed by atoms with van der Waals surface area (Å²) in [4.78, 5) is 29.8. The molecular weight excluding hydrogens is 547 g/mol. The highest BCUT2D eigenvalue weighted by molar-refractivity contribution is 5.87. The number of likely N-dealkylation sites (tertiary alicyclic amines) is 1. The first-order chi connectivity index (χ1) is 20.3. The Balaban J connectivity index is 1.50. The molecule has 1 amide bonds. The van der Waals surface area contributed by atoms with Gasteiger partial charge in [0.25, 0.3) is 6.43 Å². The number of aromatic nitrogens is 2. The van der Waals surface area contributed by atoms with Crippen LogP contribution in [-0.2, 0) is 17.8 Å². The minimum absolute atomic E-state index is 0.152. The molecule has 2 saturated heterocycles. The van der Waals surface area contributed by atoms with Crippen molar-refractivity contribution in [1.82, 2.24) is 19.8 Å². The molecule has 0 N–H and O–H groups in total. The lowest BCUT2D eigenvalue weighted by atomic mass is 10.1. The molecule has 2 aromatic rings. The number of likely N-dealkylation sites (N-methyl/N-ethyl adjacent to an activating group) is 1. The summed E-state index contributed by atoms with van der Waals surface area (Å²) < 4.78 is 48.5. The van der Waals surface area contributed by atoms with Crippen molar-refractivity contribution in [2.45, 2.75) is 57.2 Å². The van der Waals surface area contributed by atoms with Crippen molar-refractivity contribution < 1.29 is 22.7 Å². The Labute approximate surface area is 244 Å². The van der Waals surface area contributed by atoms with Crippen molar-refractivity contribution in [1.29, 1.82) is 5.26 Å². The summed E-state index contributed by atoms with van der Waals surface area (Å²) in [6, 6.07) is 6.29. The molecule has 1 aromatic heterocycles. The van der Waals surface area contributed by atoms with Gasteiger partial charge in [0, 0.05) is 43.5 Å². The van der Waals surface area contributed by atoms with Crippen molar-refractivity contribution in [2.75, 3.05) is 56.2 Å². The third kappa shape index (κ3) is 6.16. The fourth-order valence-electron chi connectivity index (χ4n) is 6.23. The van der Waals surface area contributed by atoms with Gasteiger partial charge in [0.1, 0.15) is 18.2 Å². The molecule has 2 fully saturated rings. The number of rotatable bonds is 8. The average molecular weight is 584 g/mol. The first-order valence-corrected chi connectivity index (χ1v) is 14.4. The fourth-order valence-corrected chi connectivity index (χ4v) is 6.23. The minimum atomic E-state index is -2.96. The molecule has 12 heteroatoms. The summed E-state index contributed by atoms with van der Waals surface area (Å²) >= 11 is 0. The van der Waals surface area contributed by atoms with E-state index in [1.807, 2.05) is 0 Å². The molecule has 2 atom stereocenters. The summed E-state index contributed by atoms with van der Waals surface area (Å²) in [6.45, 7) is 6.89. The van der Waals surface area contributed by atoms with E-state index < -0.39 is 17.8 Å². The first-order valence-electron chi connectivity index (χ1n) is 14.4. The van der Waals surface area contributed by atoms with Crippen LogP contribution >= 0.6 is 0 Å². The van der Waals surface area contributed by atoms with E-state index in [1.165, 1.54) is 18.2 Å². The van der Waals surface area contributed by atoms with E-state index in [4.69, 9.17) is 14.7 Å². The zero-order valence-corrected chi connectivity index (χ0v) is 23.8. The number of ether oxygens (including phenoxy) is 1. The number of nitriles is 1. The highest BCUT2D eigenvalue weighted by Gasteiger charge is 2.33. The number of amides is 1. The van der Waals surface area contributed by atoms with Crippen LogP contribution in [0.1, 0.15) is 48.9 Å². The molecule has 0 bridgehead atoms. The summed E-state index contributed by atoms with van der Waals surface area (Å²) in [5, 5.41) is 9.47. The van der Waals surface area contributed by atoms with E-state index in [0.29, 0.717) is 57.1 Å². The summed E-state index contributed by atoms with van der Waals surface area (Å²) in [5.74, 6) is -0.490. The largest absolute Gasteiger partial charge is 0.462 e. The van der Waals surface area contributed by atoms with Gasteiger partial charge in [-0.25, -0.2) is 13.2 Å². The molecule has 0 aliphatic carbocycles. The Morgan fingerprint density at radius 3 is 2.74 bits per heavy atom. The number of alkyl halides is 2. The molecule has 1 aromatic carbocycles. The number of nitrogens with zero attached hydrogens (tertiary/aromatic N) is 7. The monoisotopic (exact) mass is 583 g/mol. The number of carbonyl (C=O) groups excluding carboxylic acids is 1. The van der Waals surface area contributed by atoms with Crippen molar-refractivity contribution in [3.63, 3.8) is 0 Å². The number of hydrogen-bond donors (Lipinski definition) is 0. The molecule has 0 spiro atoms. The Morgan fingerprint density at radius 2 is 2.02 bits per heavy atom. The number of hydrogen-bond acceptors (Lipinski definition) is 8. The fraction of sp³-hybridized carbons (Fsp3) is 0.533. The van der Waals surface area contributed by atoms with Crippen LogP contribution < -0.4 is 14.5 Å². The Morgan fingerprint density at radius 1 is 1.19 bits per heavy atom. The van der Waals surface area contributed by atoms with E-state index in [9.17, 15) is 23.2 Å². The smallest absolute Gasteiger partial charge is 0.318 e. The maximum Gasteiger partial charge on any atom is 0.318 e. The van der Waals surface area contributed by atoms with Gasteiger partial charge in [0.15, 0.2) is 0 Å². The summed E-state index contributed by atoms with van der Waals surface area (Å²) in [6.07, 6.45) is 1.75. The van der Waals surface area contributed by atoms with Gasteiger partial charge < -0.3 is 24.3 Å². The van der Waals surface area contributed by atoms with Crippen LogP contribution in [0.3, 0.4) is 0 Å². The molecule has 0 saturated carbocycles. The Bertz CT molecular complexity index is 1350. The predicted octanol–water partition coefficient (Wildman–Crippen LogP) is 4.10. The molecule has 224 valence electrons. The van der Waals surface area contributed by atoms with Gasteiger partial charge in [0.2, 0.25) is 5.91 Å². The van der Waals surface area contributed by atoms with Crippen LogP contribution in [0.25, 0.3) is 0 Å². The molecule has 1 unspecified atom stereocenters. The number of halogens is 3. The topological polar surface area (TPSA) is 88.8 Å². The molecule has 5 rings (SSSR count). The first kappa shape index (κ1) is 29.6. The van der Waals surface area contributed by atoms with Crippen molar-refractivity contribution >= 4 is 17.4 Å². The van der Waals surface area contributed by atoms with Crippen molar-refractivity contribution in [3.8, 4) is 12.1 Å². The van der Waals surface area contributed by atoms with Crippen molar-refractivity contribution in [3.05, 3.63) is 53.5 Å². The second-order valence-electron chi connectivity index (χ2n) is 11.0. The lowest BCUT2D eigenvalue weighted by Crippen LogP contribution is -2.55. The summed E-state index contributed by atoms with van der Waals surface area (Å²) in [7, 11) is 2.06. The molecule has 4 heterocycles. The molecule has 9 nitrogen and oxygen atoms in total. The molecular formula is C30H36F3N7O2. The van der Waals surface area contributed by atoms with E-state index in [2.05, 4.69) is 29.5 Å². The zero-order valence-electron chi connectivity index (χ0n) is 23.8. The zero-order chi connectivity index (χ0) is 29.8. The molecule has 42 heavy (non-hydrogen) atoms. The van der Waals surface area contributed by atoms with Gasteiger partial charge in [0.05, 0.1) is 36.3 Å². The van der Waals surface area contributed by atoms with Crippen LogP contribution in [0, 0.1) is 17.1 Å². The lowest BCUT2D eigenvalue weighted by molar-refractivity contribution is -0.128. The summed E-state index contributed by atoms with van der Waals surface area (Å²) in [5.41, 5.74) is 1.05. The van der Waals surface area contributed by atoms with Crippen LogP contribution in [0.2, 0.25) is 0 Å². The van der Waals surface area contributed by atoms with Crippen LogP contribution in [0.15, 0.2) is 30.9 Å². The maximum absolute atomic E-state index is 14.5. The quantitative estimate of drug-likeness (QED) is 0.430. The SMILES string of the molecule is C=CC(=O)N1CCN(c2nc(OC[C@@H]3CCCN3C)nc3c2CCCN(c2cccc(F)c2C(F)F)C3)CC1CC#N. The number of carbonyl (C=O) groups is 1. The second kappa shape index (κ2) is 13.0. The van der Waals surface area contributed by atoms with Crippen LogP contribution in [-0.4, -0.2) is 84.1 Å². The molecule has 3 aliphatic heterocycles. The van der Waals surface area contributed by atoms with Gasteiger partial charge in [-0.2, -0.15) is 15.2 Å². The van der Waals surface area contributed by atoms with E-state index in [-0.39, 0.29) is 42.7 Å². The van der Waals surface area contributed by atoms with Crippen LogP contribution in [0.4, 0.5) is 24.7 Å². The highest BCUT2D eigenvalue weighted by atomic mass is 19.3. The third-order valence-electron chi connectivity index (χ3n) is 8.48. The van der Waals surface area contributed by atoms with E-state index in [0.717, 1.165) is 31.0 Å². The Hall–Kier alpha value is -3.85. The van der Waals surface area contributed by atoms with Gasteiger partial charge in [-0.3, -0.25) is 4.79 Å². The highest BCUT2D eigenvalue weighted by Crippen LogP contribution is 2.36. The van der Waals surface area contributed by atoms with Crippen LogP contribution in [0.5, 0.6) is 6.01 Å².